The fraction of sp³-hybridized carbons (Fsp3) is 0.632. The van der Waals surface area contributed by atoms with E-state index in [2.05, 4.69) is 10.0 Å². The number of sulfonamides is 1. The lowest BCUT2D eigenvalue weighted by molar-refractivity contribution is -0.123. The number of aryl methyl sites for hydroxylation is 1. The second-order valence-corrected chi connectivity index (χ2v) is 8.96. The van der Waals surface area contributed by atoms with Crippen LogP contribution in [0.2, 0.25) is 0 Å². The Morgan fingerprint density at radius 3 is 2.42 bits per heavy atom. The van der Waals surface area contributed by atoms with Crippen LogP contribution in [-0.2, 0) is 14.8 Å². The molecule has 0 atom stereocenters. The number of carbonyl (C=O) groups excluding carboxylic acids is 1. The molecule has 1 aliphatic carbocycles. The van der Waals surface area contributed by atoms with Gasteiger partial charge in [-0.25, -0.2) is 13.1 Å². The Bertz CT molecular complexity index is 708. The molecule has 146 valence electrons. The molecule has 1 aromatic rings. The summed E-state index contributed by atoms with van der Waals surface area (Å²) in [5.41, 5.74) is 0.680. The average Bonchev–Trinajstić information content (AvgIpc) is 2.81. The third kappa shape index (κ3) is 6.29. The van der Waals surface area contributed by atoms with Gasteiger partial charge in [-0.05, 0) is 57.4 Å². The zero-order valence-corrected chi connectivity index (χ0v) is 16.7. The second kappa shape index (κ2) is 9.37. The van der Waals surface area contributed by atoms with Gasteiger partial charge in [-0.3, -0.25) is 4.79 Å². The van der Waals surface area contributed by atoms with E-state index in [1.807, 2.05) is 0 Å². The maximum Gasteiger partial charge on any atom is 0.258 e. The summed E-state index contributed by atoms with van der Waals surface area (Å²) in [5.74, 6) is 0.388. The molecule has 26 heavy (non-hydrogen) atoms. The smallest absolute Gasteiger partial charge is 0.258 e. The van der Waals surface area contributed by atoms with Gasteiger partial charge in [0, 0.05) is 12.1 Å². The van der Waals surface area contributed by atoms with E-state index < -0.39 is 10.0 Å². The zero-order valence-electron chi connectivity index (χ0n) is 15.9. The monoisotopic (exact) mass is 382 g/mol. The van der Waals surface area contributed by atoms with Gasteiger partial charge in [0.25, 0.3) is 5.91 Å². The first kappa shape index (κ1) is 20.7. The number of hydrogen-bond acceptors (Lipinski definition) is 4. The molecule has 0 heterocycles. The van der Waals surface area contributed by atoms with Gasteiger partial charge in [-0.2, -0.15) is 0 Å². The highest BCUT2D eigenvalue weighted by molar-refractivity contribution is 7.89. The number of benzene rings is 1. The number of amides is 1. The summed E-state index contributed by atoms with van der Waals surface area (Å²) in [5, 5.41) is 3.04. The highest BCUT2D eigenvalue weighted by atomic mass is 32.2. The topological polar surface area (TPSA) is 84.5 Å². The van der Waals surface area contributed by atoms with Gasteiger partial charge in [0.2, 0.25) is 10.0 Å². The summed E-state index contributed by atoms with van der Waals surface area (Å²) in [6, 6.07) is 4.72. The molecule has 6 nitrogen and oxygen atoms in total. The molecule has 0 bridgehead atoms. The first-order valence-corrected chi connectivity index (χ1v) is 10.8. The van der Waals surface area contributed by atoms with E-state index in [-0.39, 0.29) is 29.5 Å². The van der Waals surface area contributed by atoms with Crippen LogP contribution in [0.15, 0.2) is 23.1 Å². The quantitative estimate of drug-likeness (QED) is 0.710. The molecule has 1 aliphatic rings. The molecule has 0 aromatic heterocycles. The molecule has 0 spiro atoms. The number of nitrogens with one attached hydrogen (secondary N) is 2. The van der Waals surface area contributed by atoms with Crippen molar-refractivity contribution in [2.75, 3.05) is 6.61 Å². The standard InChI is InChI=1S/C19H30N2O4S/c1-14(2)21-26(23,24)17-10-11-18(15(3)12-17)25-13-19(22)20-16-8-6-4-5-7-9-16/h10-12,14,16,21H,4-9,13H2,1-3H3,(H,20,22). The Kier molecular flexibility index (Phi) is 7.46. The molecule has 0 aliphatic heterocycles. The van der Waals surface area contributed by atoms with Crippen LogP contribution in [0.3, 0.4) is 0 Å². The number of ether oxygens (including phenoxy) is 1. The summed E-state index contributed by atoms with van der Waals surface area (Å²) >= 11 is 0. The zero-order chi connectivity index (χ0) is 19.2. The van der Waals surface area contributed by atoms with Crippen LogP contribution in [0.1, 0.15) is 57.9 Å². The molecule has 1 amide bonds. The van der Waals surface area contributed by atoms with E-state index in [1.165, 1.54) is 18.9 Å². The summed E-state index contributed by atoms with van der Waals surface area (Å²) in [6.45, 7) is 5.25. The van der Waals surface area contributed by atoms with Crippen LogP contribution in [0.4, 0.5) is 0 Å². The maximum atomic E-state index is 12.2. The van der Waals surface area contributed by atoms with Crippen LogP contribution >= 0.6 is 0 Å². The summed E-state index contributed by atoms with van der Waals surface area (Å²) in [6.07, 6.45) is 6.85. The van der Waals surface area contributed by atoms with E-state index >= 15 is 0 Å². The number of hydrogen-bond donors (Lipinski definition) is 2. The normalized spacial score (nSPS) is 16.3. The van der Waals surface area contributed by atoms with Crippen LogP contribution < -0.4 is 14.8 Å². The highest BCUT2D eigenvalue weighted by Gasteiger charge is 2.18. The predicted molar refractivity (Wildman–Crippen MR) is 102 cm³/mol. The van der Waals surface area contributed by atoms with E-state index in [0.717, 1.165) is 25.7 Å². The third-order valence-electron chi connectivity index (χ3n) is 4.43. The van der Waals surface area contributed by atoms with Crippen molar-refractivity contribution in [1.82, 2.24) is 10.0 Å². The Morgan fingerprint density at radius 1 is 1.19 bits per heavy atom. The Hall–Kier alpha value is -1.60. The molecular formula is C19H30N2O4S. The van der Waals surface area contributed by atoms with Crippen molar-refractivity contribution < 1.29 is 17.9 Å². The molecule has 2 N–H and O–H groups in total. The van der Waals surface area contributed by atoms with Crippen molar-refractivity contribution in [3.8, 4) is 5.75 Å². The fourth-order valence-corrected chi connectivity index (χ4v) is 4.50. The van der Waals surface area contributed by atoms with Gasteiger partial charge in [-0.15, -0.1) is 0 Å². The molecule has 0 unspecified atom stereocenters. The number of carbonyl (C=O) groups is 1. The van der Waals surface area contributed by atoms with Crippen molar-refractivity contribution in [3.63, 3.8) is 0 Å². The van der Waals surface area contributed by atoms with E-state index in [4.69, 9.17) is 4.74 Å². The van der Waals surface area contributed by atoms with Crippen LogP contribution in [-0.4, -0.2) is 33.0 Å². The molecule has 1 saturated carbocycles. The molecular weight excluding hydrogens is 352 g/mol. The van der Waals surface area contributed by atoms with Gasteiger partial charge in [0.1, 0.15) is 5.75 Å². The van der Waals surface area contributed by atoms with E-state index in [1.54, 1.807) is 32.9 Å². The summed E-state index contributed by atoms with van der Waals surface area (Å²) in [4.78, 5) is 12.3. The van der Waals surface area contributed by atoms with Crippen molar-refractivity contribution in [2.45, 2.75) is 76.3 Å². The Labute approximate surface area is 156 Å². The Morgan fingerprint density at radius 2 is 1.85 bits per heavy atom. The summed E-state index contributed by atoms with van der Waals surface area (Å²) in [7, 11) is -3.54. The fourth-order valence-electron chi connectivity index (χ4n) is 3.17. The molecule has 2 rings (SSSR count). The van der Waals surface area contributed by atoms with Gasteiger partial charge in [0.15, 0.2) is 6.61 Å². The molecule has 7 heteroatoms. The SMILES string of the molecule is Cc1cc(S(=O)(=O)NC(C)C)ccc1OCC(=O)NC1CCCCCC1. The lowest BCUT2D eigenvalue weighted by Gasteiger charge is -2.17. The van der Waals surface area contributed by atoms with Gasteiger partial charge < -0.3 is 10.1 Å². The minimum atomic E-state index is -3.54. The lowest BCUT2D eigenvalue weighted by Crippen LogP contribution is -2.37. The van der Waals surface area contributed by atoms with E-state index in [9.17, 15) is 13.2 Å². The minimum absolute atomic E-state index is 0.0618. The van der Waals surface area contributed by atoms with Crippen molar-refractivity contribution in [2.24, 2.45) is 0 Å². The Balaban J connectivity index is 1.92. The minimum Gasteiger partial charge on any atom is -0.484 e. The predicted octanol–water partition coefficient (Wildman–Crippen LogP) is 2.90. The molecule has 1 aromatic carbocycles. The van der Waals surface area contributed by atoms with Gasteiger partial charge in [-0.1, -0.05) is 25.7 Å². The highest BCUT2D eigenvalue weighted by Crippen LogP contribution is 2.22. The first-order valence-electron chi connectivity index (χ1n) is 9.33. The van der Waals surface area contributed by atoms with Crippen molar-refractivity contribution >= 4 is 15.9 Å². The first-order chi connectivity index (χ1) is 12.3. The van der Waals surface area contributed by atoms with Crippen LogP contribution in [0.5, 0.6) is 5.75 Å². The van der Waals surface area contributed by atoms with Crippen molar-refractivity contribution in [1.29, 1.82) is 0 Å². The number of rotatable bonds is 7. The largest absolute Gasteiger partial charge is 0.484 e. The second-order valence-electron chi connectivity index (χ2n) is 7.25. The molecule has 0 radical (unpaired) electrons. The lowest BCUT2D eigenvalue weighted by atomic mass is 10.1. The molecule has 0 saturated heterocycles. The average molecular weight is 383 g/mol. The van der Waals surface area contributed by atoms with Crippen LogP contribution in [0.25, 0.3) is 0 Å². The van der Waals surface area contributed by atoms with Gasteiger partial charge >= 0.3 is 0 Å². The maximum absolute atomic E-state index is 12.2. The third-order valence-corrected chi connectivity index (χ3v) is 6.08. The van der Waals surface area contributed by atoms with Gasteiger partial charge in [0.05, 0.1) is 4.90 Å². The van der Waals surface area contributed by atoms with E-state index in [0.29, 0.717) is 11.3 Å². The molecule has 1 fully saturated rings. The van der Waals surface area contributed by atoms with Crippen molar-refractivity contribution in [3.05, 3.63) is 23.8 Å². The summed E-state index contributed by atoms with van der Waals surface area (Å²) < 4.78 is 32.6. The van der Waals surface area contributed by atoms with Crippen LogP contribution in [0, 0.1) is 6.92 Å².